The minimum absolute atomic E-state index is 0.0971. The van der Waals surface area contributed by atoms with E-state index in [9.17, 15) is 72.5 Å². The smallest absolute Gasteiger partial charge is 0.416 e. The molecule has 0 saturated heterocycles. The minimum Gasteiger partial charge on any atom is -0.505 e. The molecule has 0 aliphatic heterocycles. The molecule has 8 aromatic carbocycles. The molecule has 380 valence electrons. The fourth-order valence-corrected chi connectivity index (χ4v) is 7.78. The third kappa shape index (κ3) is 10.8. The summed E-state index contributed by atoms with van der Waals surface area (Å²) in [7, 11) is 0. The maximum atomic E-state index is 13.5. The number of nitrogens with one attached hydrogen (secondary N) is 2. The highest BCUT2D eigenvalue weighted by Crippen LogP contribution is 2.44. The second-order valence-corrected chi connectivity index (χ2v) is 16.5. The predicted octanol–water partition coefficient (Wildman–Crippen LogP) is 17.2. The van der Waals surface area contributed by atoms with Gasteiger partial charge < -0.3 is 25.3 Å². The van der Waals surface area contributed by atoms with Gasteiger partial charge in [-0.2, -0.15) is 62.9 Å². The molecule has 0 unspecified atom stereocenters. The van der Waals surface area contributed by atoms with Crippen LogP contribution in [0, 0.1) is 0 Å². The second kappa shape index (κ2) is 19.0. The molecule has 0 spiro atoms. The number of furan rings is 1. The average Bonchev–Trinajstić information content (AvgIpc) is 3.78. The van der Waals surface area contributed by atoms with Crippen LogP contribution in [0.25, 0.3) is 43.8 Å². The van der Waals surface area contributed by atoms with E-state index in [1.165, 1.54) is 54.6 Å². The molecule has 0 aliphatic carbocycles. The first-order valence-electron chi connectivity index (χ1n) is 21.5. The van der Waals surface area contributed by atoms with Gasteiger partial charge in [-0.05, 0) is 108 Å². The Bertz CT molecular complexity index is 3740. The van der Waals surface area contributed by atoms with Crippen LogP contribution < -0.4 is 10.6 Å². The quantitative estimate of drug-likeness (QED) is 0.0835. The lowest BCUT2D eigenvalue weighted by molar-refractivity contribution is -0.144. The summed E-state index contributed by atoms with van der Waals surface area (Å²) in [4.78, 5) is 26.8. The molecule has 0 fully saturated rings. The predicted molar refractivity (Wildman–Crippen MR) is 250 cm³/mol. The maximum absolute atomic E-state index is 13.5. The van der Waals surface area contributed by atoms with Crippen molar-refractivity contribution in [3.63, 3.8) is 0 Å². The van der Waals surface area contributed by atoms with Crippen LogP contribution in [0.15, 0.2) is 170 Å². The number of anilines is 2. The first-order chi connectivity index (χ1) is 35.3. The van der Waals surface area contributed by atoms with E-state index < -0.39 is 92.8 Å². The van der Waals surface area contributed by atoms with Crippen molar-refractivity contribution in [2.75, 3.05) is 10.6 Å². The molecular formula is C52H28F12N6O5. The van der Waals surface area contributed by atoms with Gasteiger partial charge in [0.1, 0.15) is 22.7 Å². The largest absolute Gasteiger partial charge is 0.505 e. The lowest BCUT2D eigenvalue weighted by Gasteiger charge is -2.15. The number of rotatable bonds is 9. The van der Waals surface area contributed by atoms with Gasteiger partial charge in [-0.15, -0.1) is 10.2 Å². The Balaban J connectivity index is 0.950. The third-order valence-electron chi connectivity index (χ3n) is 11.4. The zero-order valence-electron chi connectivity index (χ0n) is 37.3. The number of carbonyl (C=O) groups excluding carboxylic acids is 2. The highest BCUT2D eigenvalue weighted by molar-refractivity contribution is 6.13. The SMILES string of the molecule is O=C(Nc1cc(C(F)(F)F)cc(C(F)(F)F)c1)c1cc2ccccc2c(N=Nc2ccc(-c3cc4cc(N=Nc5c(O)c(C(=O)Nc6cc(C(F)(F)F)cc(C(F)(F)F)c6)cc6ccccc56)ccc4o3)cc2)c1O. The highest BCUT2D eigenvalue weighted by Gasteiger charge is 2.39. The van der Waals surface area contributed by atoms with Crippen molar-refractivity contribution in [1.29, 1.82) is 0 Å². The summed E-state index contributed by atoms with van der Waals surface area (Å²) in [6, 6.07) is 28.5. The fourth-order valence-electron chi connectivity index (χ4n) is 7.78. The normalized spacial score (nSPS) is 12.6. The van der Waals surface area contributed by atoms with Crippen molar-refractivity contribution in [2.24, 2.45) is 20.5 Å². The summed E-state index contributed by atoms with van der Waals surface area (Å²) < 4.78 is 168. The van der Waals surface area contributed by atoms with E-state index in [2.05, 4.69) is 20.5 Å². The number of azo groups is 2. The number of carbonyl (C=O) groups is 2. The van der Waals surface area contributed by atoms with Crippen LogP contribution in [0.1, 0.15) is 43.0 Å². The summed E-state index contributed by atoms with van der Waals surface area (Å²) in [5, 5.41) is 45.0. The van der Waals surface area contributed by atoms with Crippen LogP contribution in [0.2, 0.25) is 0 Å². The van der Waals surface area contributed by atoms with Crippen LogP contribution in [-0.2, 0) is 24.7 Å². The third-order valence-corrected chi connectivity index (χ3v) is 11.4. The number of phenols is 2. The molecule has 2 amide bonds. The van der Waals surface area contributed by atoms with Crippen LogP contribution in [0.4, 0.5) is 86.8 Å². The van der Waals surface area contributed by atoms with E-state index in [-0.39, 0.29) is 40.3 Å². The van der Waals surface area contributed by atoms with Gasteiger partial charge >= 0.3 is 24.7 Å². The van der Waals surface area contributed by atoms with Gasteiger partial charge in [0.05, 0.1) is 44.8 Å². The van der Waals surface area contributed by atoms with E-state index in [0.717, 1.165) is 0 Å². The number of phenolic OH excluding ortho intramolecular Hbond substituents is 2. The lowest BCUT2D eigenvalue weighted by atomic mass is 10.0. The van der Waals surface area contributed by atoms with Crippen LogP contribution in [-0.4, -0.2) is 22.0 Å². The van der Waals surface area contributed by atoms with Crippen molar-refractivity contribution in [2.45, 2.75) is 24.7 Å². The Morgan fingerprint density at radius 1 is 0.427 bits per heavy atom. The Hall–Kier alpha value is -9.28. The Morgan fingerprint density at radius 2 is 0.827 bits per heavy atom. The van der Waals surface area contributed by atoms with Crippen molar-refractivity contribution in [3.8, 4) is 22.8 Å². The monoisotopic (exact) mass is 1040 g/mol. The molecule has 0 radical (unpaired) electrons. The van der Waals surface area contributed by atoms with Crippen molar-refractivity contribution >= 4 is 78.5 Å². The van der Waals surface area contributed by atoms with Crippen LogP contribution >= 0.6 is 0 Å². The number of fused-ring (bicyclic) bond motifs is 3. The summed E-state index contributed by atoms with van der Waals surface area (Å²) in [5.41, 5.74) is -8.52. The second-order valence-electron chi connectivity index (χ2n) is 16.5. The first kappa shape index (κ1) is 50.7. The highest BCUT2D eigenvalue weighted by atomic mass is 19.4. The van der Waals surface area contributed by atoms with Gasteiger partial charge in [0.2, 0.25) is 0 Å². The zero-order valence-corrected chi connectivity index (χ0v) is 37.3. The molecule has 0 saturated carbocycles. The molecule has 9 rings (SSSR count). The Kier molecular flexibility index (Phi) is 12.8. The standard InChI is InChI=1S/C52H28F12N6O5/c53-49(54,55)29-19-30(50(56,57)58)22-35(21-29)65-47(73)39-16-26-5-1-3-7-37(26)43(45(39)71)69-67-33-11-9-25(10-12-33)42-18-28-15-34(13-14-41(28)75-42)68-70-44-38-8-4-2-6-27(38)17-40(46(44)72)48(74)66-36-23-31(51(59,60)61)20-32(24-36)52(62,63)64/h1-24,71-72H,(H,65,73)(H,66,74). The molecule has 0 aliphatic rings. The van der Waals surface area contributed by atoms with Gasteiger partial charge in [-0.3, -0.25) is 9.59 Å². The number of nitrogens with zero attached hydrogens (tertiary/aromatic N) is 4. The van der Waals surface area contributed by atoms with E-state index in [1.807, 2.05) is 10.6 Å². The number of amides is 2. The molecule has 4 N–H and O–H groups in total. The van der Waals surface area contributed by atoms with Gasteiger partial charge in [-0.25, -0.2) is 0 Å². The number of aromatic hydroxyl groups is 2. The topological polar surface area (TPSA) is 161 Å². The maximum Gasteiger partial charge on any atom is 0.416 e. The molecule has 11 nitrogen and oxygen atoms in total. The minimum atomic E-state index is -5.19. The molecular weight excluding hydrogens is 1020 g/mol. The first-order valence-corrected chi connectivity index (χ1v) is 21.5. The summed E-state index contributed by atoms with van der Waals surface area (Å²) >= 11 is 0. The van der Waals surface area contributed by atoms with Gasteiger partial charge in [0.25, 0.3) is 11.8 Å². The number of benzene rings is 8. The molecule has 1 heterocycles. The summed E-state index contributed by atoms with van der Waals surface area (Å²) in [5.74, 6) is -3.68. The summed E-state index contributed by atoms with van der Waals surface area (Å²) in [6.45, 7) is 0. The Morgan fingerprint density at radius 3 is 1.25 bits per heavy atom. The van der Waals surface area contributed by atoms with Crippen LogP contribution in [0.5, 0.6) is 11.5 Å². The molecule has 1 aromatic heterocycles. The van der Waals surface area contributed by atoms with E-state index in [1.54, 1.807) is 54.6 Å². The Labute approximate surface area is 412 Å². The molecule has 23 heteroatoms. The number of hydrogen-bond acceptors (Lipinski definition) is 9. The molecule has 0 bridgehead atoms. The average molecular weight is 1040 g/mol. The lowest BCUT2D eigenvalue weighted by Crippen LogP contribution is -2.16. The zero-order chi connectivity index (χ0) is 53.8. The van der Waals surface area contributed by atoms with Crippen molar-refractivity contribution in [3.05, 3.63) is 179 Å². The number of hydrogen-bond donors (Lipinski definition) is 4. The van der Waals surface area contributed by atoms with Crippen molar-refractivity contribution < 1.29 is 76.9 Å². The molecule has 75 heavy (non-hydrogen) atoms. The van der Waals surface area contributed by atoms with Gasteiger partial charge in [-0.1, -0.05) is 48.5 Å². The van der Waals surface area contributed by atoms with Gasteiger partial charge in [0.15, 0.2) is 11.5 Å². The van der Waals surface area contributed by atoms with Crippen LogP contribution in [0.3, 0.4) is 0 Å². The van der Waals surface area contributed by atoms with Crippen molar-refractivity contribution in [1.82, 2.24) is 0 Å². The summed E-state index contributed by atoms with van der Waals surface area (Å²) in [6.07, 6.45) is -20.7. The molecule has 0 atom stereocenters. The van der Waals surface area contributed by atoms with E-state index in [0.29, 0.717) is 62.7 Å². The number of alkyl halides is 12. The van der Waals surface area contributed by atoms with E-state index in [4.69, 9.17) is 4.42 Å². The molecule has 9 aromatic rings. The van der Waals surface area contributed by atoms with Gasteiger partial charge in [0, 0.05) is 33.1 Å². The van der Waals surface area contributed by atoms with E-state index >= 15 is 0 Å². The number of halogens is 12. The fraction of sp³-hybridized carbons (Fsp3) is 0.0769.